The van der Waals surface area contributed by atoms with Crippen LogP contribution in [0.4, 0.5) is 0 Å². The molecule has 0 saturated carbocycles. The van der Waals surface area contributed by atoms with Crippen molar-refractivity contribution in [2.24, 2.45) is 0 Å². The molecule has 0 radical (unpaired) electrons. The Hall–Kier alpha value is -0.790. The van der Waals surface area contributed by atoms with Gasteiger partial charge in [-0.05, 0) is 6.92 Å². The van der Waals surface area contributed by atoms with Crippen LogP contribution in [0.25, 0.3) is 0 Å². The van der Waals surface area contributed by atoms with E-state index in [0.29, 0.717) is 18.4 Å². The van der Waals surface area contributed by atoms with Crippen molar-refractivity contribution in [3.05, 3.63) is 11.3 Å². The van der Waals surface area contributed by atoms with Crippen LogP contribution in [0.5, 0.6) is 0 Å². The first-order valence-electron chi connectivity index (χ1n) is 4.05. The second-order valence-electron chi connectivity index (χ2n) is 2.70. The summed E-state index contributed by atoms with van der Waals surface area (Å²) in [6, 6.07) is 0. The predicted octanol–water partition coefficient (Wildman–Crippen LogP) is 2.60. The summed E-state index contributed by atoms with van der Waals surface area (Å²) in [6.45, 7) is 5.91. The Kier molecular flexibility index (Phi) is 4.59. The first-order valence-corrected chi connectivity index (χ1v) is 4.05. The van der Waals surface area contributed by atoms with Gasteiger partial charge in [-0.1, -0.05) is 20.3 Å². The first kappa shape index (κ1) is 10.2. The minimum absolute atomic E-state index is 0.0856. The van der Waals surface area contributed by atoms with E-state index in [2.05, 4.69) is 13.8 Å². The van der Waals surface area contributed by atoms with E-state index in [0.717, 1.165) is 0 Å². The fourth-order valence-corrected chi connectivity index (χ4v) is 0.768. The van der Waals surface area contributed by atoms with Gasteiger partial charge in [-0.25, -0.2) is 0 Å². The Balaban J connectivity index is 0.000000292. The van der Waals surface area contributed by atoms with Gasteiger partial charge in [0.15, 0.2) is 5.78 Å². The average Bonchev–Trinajstić information content (AvgIpc) is 2.22. The van der Waals surface area contributed by atoms with Gasteiger partial charge < -0.3 is 5.11 Å². The summed E-state index contributed by atoms with van der Waals surface area (Å²) in [6.07, 6.45) is 2.29. The molecule has 11 heavy (non-hydrogen) atoms. The molecule has 0 unspecified atom stereocenters. The van der Waals surface area contributed by atoms with E-state index in [1.807, 2.05) is 0 Å². The zero-order valence-corrected chi connectivity index (χ0v) is 7.48. The van der Waals surface area contributed by atoms with E-state index in [9.17, 15) is 4.79 Å². The van der Waals surface area contributed by atoms with Crippen LogP contribution in [-0.2, 0) is 4.79 Å². The first-order chi connectivity index (χ1) is 5.13. The Morgan fingerprint density at radius 2 is 1.82 bits per heavy atom. The maximum Gasteiger partial charge on any atom is 0.162 e. The van der Waals surface area contributed by atoms with E-state index < -0.39 is 0 Å². The Bertz CT molecular complexity index is 168. The number of allylic oxidation sites excluding steroid dienone is 2. The van der Waals surface area contributed by atoms with Crippen LogP contribution in [-0.4, -0.2) is 10.9 Å². The van der Waals surface area contributed by atoms with Gasteiger partial charge >= 0.3 is 0 Å². The third-order valence-corrected chi connectivity index (χ3v) is 1.44. The number of rotatable bonds is 0. The van der Waals surface area contributed by atoms with Crippen molar-refractivity contribution in [1.82, 2.24) is 0 Å². The quantitative estimate of drug-likeness (QED) is 0.585. The molecule has 2 heteroatoms. The smallest absolute Gasteiger partial charge is 0.162 e. The van der Waals surface area contributed by atoms with Crippen molar-refractivity contribution in [2.75, 3.05) is 0 Å². The van der Waals surface area contributed by atoms with Crippen LogP contribution in [0.3, 0.4) is 0 Å². The molecule has 1 aliphatic rings. The summed E-state index contributed by atoms with van der Waals surface area (Å²) >= 11 is 0. The topological polar surface area (TPSA) is 37.3 Å². The lowest BCUT2D eigenvalue weighted by molar-refractivity contribution is -0.114. The molecule has 0 saturated heterocycles. The summed E-state index contributed by atoms with van der Waals surface area (Å²) in [7, 11) is 0. The largest absolute Gasteiger partial charge is 0.512 e. The van der Waals surface area contributed by atoms with Crippen molar-refractivity contribution in [3.63, 3.8) is 0 Å². The van der Waals surface area contributed by atoms with Crippen LogP contribution < -0.4 is 0 Å². The third-order valence-electron chi connectivity index (χ3n) is 1.44. The van der Waals surface area contributed by atoms with Crippen molar-refractivity contribution in [3.8, 4) is 0 Å². The maximum absolute atomic E-state index is 10.6. The lowest BCUT2D eigenvalue weighted by atomic mass is 10.2. The highest BCUT2D eigenvalue weighted by Gasteiger charge is 2.17. The molecule has 0 bridgehead atoms. The Morgan fingerprint density at radius 1 is 1.36 bits per heavy atom. The number of carbonyl (C=O) groups excluding carboxylic acids is 1. The van der Waals surface area contributed by atoms with E-state index in [4.69, 9.17) is 5.11 Å². The molecule has 0 aromatic carbocycles. The Morgan fingerprint density at radius 3 is 1.91 bits per heavy atom. The zero-order chi connectivity index (χ0) is 8.85. The highest BCUT2D eigenvalue weighted by atomic mass is 16.3. The predicted molar refractivity (Wildman–Crippen MR) is 45.5 cm³/mol. The van der Waals surface area contributed by atoms with Crippen LogP contribution in [0.1, 0.15) is 40.0 Å². The SMILES string of the molecule is CC1=C(O)CCC1=O.CCC. The number of ketones is 1. The Labute approximate surface area is 67.9 Å². The molecule has 0 aromatic rings. The van der Waals surface area contributed by atoms with Crippen LogP contribution in [0.15, 0.2) is 11.3 Å². The molecule has 2 nitrogen and oxygen atoms in total. The second kappa shape index (κ2) is 4.94. The number of hydrogen-bond donors (Lipinski definition) is 1. The molecular formula is C9H16O2. The summed E-state index contributed by atoms with van der Waals surface area (Å²) in [4.78, 5) is 10.6. The highest BCUT2D eigenvalue weighted by molar-refractivity contribution is 5.97. The van der Waals surface area contributed by atoms with Crippen LogP contribution in [0.2, 0.25) is 0 Å². The lowest BCUT2D eigenvalue weighted by Crippen LogP contribution is -1.89. The minimum atomic E-state index is 0.0856. The van der Waals surface area contributed by atoms with Crippen molar-refractivity contribution < 1.29 is 9.90 Å². The lowest BCUT2D eigenvalue weighted by Gasteiger charge is -1.85. The van der Waals surface area contributed by atoms with Gasteiger partial charge in [0.2, 0.25) is 0 Å². The second-order valence-corrected chi connectivity index (χ2v) is 2.70. The number of carbonyl (C=O) groups is 1. The van der Waals surface area contributed by atoms with Gasteiger partial charge in [-0.2, -0.15) is 0 Å². The molecule has 0 aromatic heterocycles. The number of Topliss-reactive ketones (excluding diaryl/α,β-unsaturated/α-hetero) is 1. The van der Waals surface area contributed by atoms with Crippen molar-refractivity contribution in [2.45, 2.75) is 40.0 Å². The number of hydrogen-bond acceptors (Lipinski definition) is 2. The molecule has 1 aliphatic carbocycles. The van der Waals surface area contributed by atoms with Crippen LogP contribution >= 0.6 is 0 Å². The summed E-state index contributed by atoms with van der Waals surface area (Å²) in [5.74, 6) is 0.359. The fraction of sp³-hybridized carbons (Fsp3) is 0.667. The standard InChI is InChI=1S/C6H8O2.C3H8/c1-4-5(7)2-3-6(4)8;1-3-2/h7H,2-3H2,1H3;3H2,1-2H3. The van der Waals surface area contributed by atoms with Crippen LogP contribution in [0, 0.1) is 0 Å². The van der Waals surface area contributed by atoms with Gasteiger partial charge in [0.05, 0.1) is 5.76 Å². The molecule has 1 rings (SSSR count). The van der Waals surface area contributed by atoms with E-state index in [1.54, 1.807) is 6.92 Å². The fourth-order valence-electron chi connectivity index (χ4n) is 0.768. The van der Waals surface area contributed by atoms with E-state index in [-0.39, 0.29) is 11.5 Å². The minimum Gasteiger partial charge on any atom is -0.512 e. The molecule has 0 spiro atoms. The summed E-state index contributed by atoms with van der Waals surface area (Å²) < 4.78 is 0. The molecule has 0 atom stereocenters. The van der Waals surface area contributed by atoms with Crippen molar-refractivity contribution in [1.29, 1.82) is 0 Å². The molecule has 0 heterocycles. The number of aliphatic hydroxyl groups excluding tert-OH is 1. The molecule has 64 valence electrons. The van der Waals surface area contributed by atoms with E-state index >= 15 is 0 Å². The monoisotopic (exact) mass is 156 g/mol. The van der Waals surface area contributed by atoms with Gasteiger partial charge in [0.1, 0.15) is 0 Å². The molecular weight excluding hydrogens is 140 g/mol. The normalized spacial score (nSPS) is 16.5. The molecule has 1 N–H and O–H groups in total. The highest BCUT2D eigenvalue weighted by Crippen LogP contribution is 2.18. The number of aliphatic hydroxyl groups is 1. The van der Waals surface area contributed by atoms with Gasteiger partial charge in [0.25, 0.3) is 0 Å². The van der Waals surface area contributed by atoms with E-state index in [1.165, 1.54) is 6.42 Å². The van der Waals surface area contributed by atoms with Gasteiger partial charge in [-0.15, -0.1) is 0 Å². The average molecular weight is 156 g/mol. The molecule has 0 aliphatic heterocycles. The summed E-state index contributed by atoms with van der Waals surface area (Å²) in [5, 5.41) is 8.83. The third kappa shape index (κ3) is 3.21. The van der Waals surface area contributed by atoms with Crippen molar-refractivity contribution >= 4 is 5.78 Å². The summed E-state index contributed by atoms with van der Waals surface area (Å²) in [5.41, 5.74) is 0.546. The van der Waals surface area contributed by atoms with Gasteiger partial charge in [-0.3, -0.25) is 4.79 Å². The maximum atomic E-state index is 10.6. The molecule has 0 fully saturated rings. The molecule has 0 amide bonds. The van der Waals surface area contributed by atoms with Gasteiger partial charge in [0, 0.05) is 18.4 Å². The zero-order valence-electron chi connectivity index (χ0n) is 7.48.